The highest BCUT2D eigenvalue weighted by Gasteiger charge is 2.29. The van der Waals surface area contributed by atoms with Crippen molar-refractivity contribution in [3.05, 3.63) is 34.9 Å². The van der Waals surface area contributed by atoms with Gasteiger partial charge in [0.05, 0.1) is 19.3 Å². The first-order chi connectivity index (χ1) is 19.3. The summed E-state index contributed by atoms with van der Waals surface area (Å²) in [7, 11) is 0. The van der Waals surface area contributed by atoms with E-state index in [0.29, 0.717) is 5.57 Å². The summed E-state index contributed by atoms with van der Waals surface area (Å²) in [6.45, 7) is 11.5. The van der Waals surface area contributed by atoms with Crippen LogP contribution in [0.5, 0.6) is 0 Å². The normalized spacial score (nSPS) is 18.3. The molecule has 0 amide bonds. The molecule has 0 spiro atoms. The smallest absolute Gasteiger partial charge is 0.333 e. The molecule has 0 heterocycles. The molecule has 0 aromatic carbocycles. The van der Waals surface area contributed by atoms with Crippen LogP contribution >= 0.6 is 0 Å². The molecule has 41 heavy (non-hydrogen) atoms. The number of allylic oxidation sites excluding steroid dienone is 4. The van der Waals surface area contributed by atoms with Crippen LogP contribution in [0.25, 0.3) is 0 Å². The molecule has 0 unspecified atom stereocenters. The van der Waals surface area contributed by atoms with Crippen LogP contribution in [0.1, 0.15) is 106 Å². The molecule has 0 saturated heterocycles. The highest BCUT2D eigenvalue weighted by molar-refractivity contribution is 5.99. The minimum absolute atomic E-state index is 0.0632. The topological polar surface area (TPSA) is 145 Å². The highest BCUT2D eigenvalue weighted by atomic mass is 16.6. The van der Waals surface area contributed by atoms with E-state index in [2.05, 4.69) is 13.8 Å². The van der Waals surface area contributed by atoms with Crippen LogP contribution in [0, 0.1) is 17.8 Å². The Bertz CT molecular complexity index is 846. The number of carbonyl (C=O) groups is 2. The Morgan fingerprint density at radius 3 is 1.85 bits per heavy atom. The number of esters is 1. The zero-order chi connectivity index (χ0) is 31.5. The molecule has 0 radical (unpaired) electrons. The van der Waals surface area contributed by atoms with E-state index in [-0.39, 0.29) is 23.2 Å². The summed E-state index contributed by atoms with van der Waals surface area (Å²) in [5.74, 6) is -1.55. The molecule has 0 rings (SSSR count). The van der Waals surface area contributed by atoms with E-state index in [0.717, 1.165) is 18.4 Å². The summed E-state index contributed by atoms with van der Waals surface area (Å²) in [4.78, 5) is 25.3. The van der Waals surface area contributed by atoms with Crippen molar-refractivity contribution >= 4 is 11.8 Å². The zero-order valence-electron chi connectivity index (χ0n) is 26.5. The van der Waals surface area contributed by atoms with Crippen LogP contribution in [0.4, 0.5) is 0 Å². The molecule has 0 aliphatic heterocycles. The first kappa shape index (κ1) is 39.2. The van der Waals surface area contributed by atoms with Gasteiger partial charge in [0.1, 0.15) is 12.2 Å². The van der Waals surface area contributed by atoms with Crippen molar-refractivity contribution in [2.45, 2.75) is 131 Å². The van der Waals surface area contributed by atoms with Gasteiger partial charge >= 0.3 is 5.97 Å². The number of hydrogen-bond donors (Lipinski definition) is 5. The number of hydrogen-bond acceptors (Lipinski definition) is 8. The second-order valence-electron chi connectivity index (χ2n) is 11.7. The second-order valence-corrected chi connectivity index (χ2v) is 11.7. The van der Waals surface area contributed by atoms with Gasteiger partial charge in [-0.05, 0) is 38.7 Å². The molecule has 0 bridgehead atoms. The molecule has 0 aliphatic rings. The van der Waals surface area contributed by atoms with E-state index < -0.39 is 49.5 Å². The van der Waals surface area contributed by atoms with Crippen LogP contribution in [-0.2, 0) is 14.3 Å². The molecule has 8 heteroatoms. The van der Waals surface area contributed by atoms with Crippen LogP contribution < -0.4 is 0 Å². The van der Waals surface area contributed by atoms with Gasteiger partial charge in [-0.1, -0.05) is 103 Å². The number of unbranched alkanes of at least 4 members (excludes halogenated alkanes) is 7. The monoisotopic (exact) mass is 582 g/mol. The predicted octanol–water partition coefficient (Wildman–Crippen LogP) is 4.81. The molecule has 7 atom stereocenters. The van der Waals surface area contributed by atoms with E-state index in [1.807, 2.05) is 19.9 Å². The third-order valence-electron chi connectivity index (χ3n) is 7.63. The first-order valence-corrected chi connectivity index (χ1v) is 15.4. The minimum Gasteiger partial charge on any atom is -0.454 e. The van der Waals surface area contributed by atoms with Gasteiger partial charge in [-0.25, -0.2) is 4.79 Å². The lowest BCUT2D eigenvalue weighted by Gasteiger charge is -2.24. The van der Waals surface area contributed by atoms with Crippen LogP contribution in [0.2, 0.25) is 0 Å². The van der Waals surface area contributed by atoms with Crippen LogP contribution in [-0.4, -0.2) is 74.9 Å². The van der Waals surface area contributed by atoms with Crippen molar-refractivity contribution < 1.29 is 39.9 Å². The van der Waals surface area contributed by atoms with E-state index in [9.17, 15) is 30.0 Å². The van der Waals surface area contributed by atoms with Crippen molar-refractivity contribution in [3.63, 3.8) is 0 Å². The van der Waals surface area contributed by atoms with Crippen LogP contribution in [0.15, 0.2) is 34.9 Å². The third-order valence-corrected chi connectivity index (χ3v) is 7.63. The van der Waals surface area contributed by atoms with E-state index in [1.165, 1.54) is 57.9 Å². The molecule has 0 aliphatic carbocycles. The van der Waals surface area contributed by atoms with Gasteiger partial charge in [0.15, 0.2) is 11.9 Å². The summed E-state index contributed by atoms with van der Waals surface area (Å²) in [6, 6.07) is 0. The number of Topliss-reactive ketones (excluding diaryl/α,β-unsaturated/α-hetero) is 1. The quantitative estimate of drug-likeness (QED) is 0.0529. The van der Waals surface area contributed by atoms with Gasteiger partial charge in [-0.15, -0.1) is 0 Å². The molecule has 0 aromatic rings. The summed E-state index contributed by atoms with van der Waals surface area (Å²) in [5, 5.41) is 48.6. The van der Waals surface area contributed by atoms with Gasteiger partial charge in [0.25, 0.3) is 0 Å². The van der Waals surface area contributed by atoms with E-state index in [4.69, 9.17) is 9.84 Å². The first-order valence-electron chi connectivity index (χ1n) is 15.4. The average molecular weight is 583 g/mol. The molecule has 5 N–H and O–H groups in total. The Hall–Kier alpha value is -1.84. The number of carbonyl (C=O) groups excluding carboxylic acids is 2. The Morgan fingerprint density at radius 2 is 1.32 bits per heavy atom. The summed E-state index contributed by atoms with van der Waals surface area (Å²) in [5.41, 5.74) is 1.49. The number of ether oxygens (including phenoxy) is 1. The highest BCUT2D eigenvalue weighted by Crippen LogP contribution is 2.23. The number of aliphatic hydroxyl groups is 5. The lowest BCUT2D eigenvalue weighted by atomic mass is 9.88. The van der Waals surface area contributed by atoms with Crippen molar-refractivity contribution in [3.8, 4) is 0 Å². The molecule has 8 nitrogen and oxygen atoms in total. The molecular weight excluding hydrogens is 524 g/mol. The fourth-order valence-corrected chi connectivity index (χ4v) is 4.94. The second kappa shape index (κ2) is 21.8. The van der Waals surface area contributed by atoms with E-state index in [1.54, 1.807) is 19.9 Å². The fourth-order valence-electron chi connectivity index (χ4n) is 4.94. The van der Waals surface area contributed by atoms with E-state index >= 15 is 0 Å². The van der Waals surface area contributed by atoms with Gasteiger partial charge < -0.3 is 30.3 Å². The minimum atomic E-state index is -1.66. The summed E-state index contributed by atoms with van der Waals surface area (Å²) in [6.07, 6.45) is 11.2. The van der Waals surface area contributed by atoms with Crippen molar-refractivity contribution in [1.29, 1.82) is 0 Å². The summed E-state index contributed by atoms with van der Waals surface area (Å²) >= 11 is 0. The van der Waals surface area contributed by atoms with Crippen molar-refractivity contribution in [1.82, 2.24) is 0 Å². The Labute approximate surface area is 248 Å². The molecule has 0 fully saturated rings. The molecule has 238 valence electrons. The lowest BCUT2D eigenvalue weighted by Crippen LogP contribution is -2.44. The Kier molecular flexibility index (Phi) is 20.8. The molecule has 0 saturated carbocycles. The predicted molar refractivity (Wildman–Crippen MR) is 163 cm³/mol. The number of ketones is 1. The summed E-state index contributed by atoms with van der Waals surface area (Å²) < 4.78 is 5.05. The maximum atomic E-state index is 12.9. The van der Waals surface area contributed by atoms with Gasteiger partial charge in [-0.3, -0.25) is 4.79 Å². The molecule has 0 aromatic heterocycles. The van der Waals surface area contributed by atoms with Gasteiger partial charge in [0.2, 0.25) is 0 Å². The van der Waals surface area contributed by atoms with Crippen molar-refractivity contribution in [2.24, 2.45) is 17.8 Å². The number of rotatable bonds is 22. The van der Waals surface area contributed by atoms with Gasteiger partial charge in [-0.2, -0.15) is 0 Å². The largest absolute Gasteiger partial charge is 0.454 e. The lowest BCUT2D eigenvalue weighted by molar-refractivity contribution is -0.161. The Morgan fingerprint density at radius 1 is 0.756 bits per heavy atom. The van der Waals surface area contributed by atoms with Crippen molar-refractivity contribution in [2.75, 3.05) is 13.2 Å². The number of aliphatic hydroxyl groups excluding tert-OH is 5. The SMILES string of the molecule is CCCCCCCCCC[C@H](C)[C@@H](O)[C@@H](C)/C=C(C)/C=C(\C)C(=O)[C@H](C)/C=C(\C)C(=O)O[C@H](CO)[C@@H](O)[C@H](O)CO. The molecular formula is C33H58O8. The third kappa shape index (κ3) is 15.8. The zero-order valence-corrected chi connectivity index (χ0v) is 26.5. The fraction of sp³-hybridized carbons (Fsp3) is 0.758. The van der Waals surface area contributed by atoms with Crippen LogP contribution in [0.3, 0.4) is 0 Å². The Balaban J connectivity index is 4.97. The maximum absolute atomic E-state index is 12.9. The maximum Gasteiger partial charge on any atom is 0.333 e. The standard InChI is InChI=1S/C33H58O8/c1-8-9-10-11-12-13-14-15-16-23(3)30(37)24(4)17-22(2)18-25(5)31(38)26(6)19-27(7)33(40)41-29(21-35)32(39)28(36)20-34/h17-19,23-24,26,28-30,32,34-37,39H,8-16,20-21H2,1-7H3/b22-17+,25-18+,27-19+/t23-,24-,26+,28+,29+,30+,32-/m0/s1. The average Bonchev–Trinajstić information content (AvgIpc) is 2.94. The van der Waals surface area contributed by atoms with Gasteiger partial charge in [0, 0.05) is 17.4 Å².